The molecular weight excluding hydrogens is 334 g/mol. The maximum atomic E-state index is 13.0. The van der Waals surface area contributed by atoms with Crippen LogP contribution in [0.25, 0.3) is 10.2 Å². The quantitative estimate of drug-likeness (QED) is 0.718. The van der Waals surface area contributed by atoms with Crippen LogP contribution in [-0.2, 0) is 0 Å². The fourth-order valence-corrected chi connectivity index (χ4v) is 3.95. The van der Waals surface area contributed by atoms with E-state index in [1.165, 1.54) is 11.3 Å². The van der Waals surface area contributed by atoms with E-state index in [4.69, 9.17) is 0 Å². The maximum Gasteiger partial charge on any atom is 0.274 e. The van der Waals surface area contributed by atoms with Crippen LogP contribution >= 0.6 is 11.3 Å². The van der Waals surface area contributed by atoms with Crippen molar-refractivity contribution in [2.75, 3.05) is 24.5 Å². The minimum atomic E-state index is 0.0100. The van der Waals surface area contributed by atoms with Gasteiger partial charge in [0.05, 0.1) is 22.1 Å². The number of anilines is 2. The van der Waals surface area contributed by atoms with Crippen molar-refractivity contribution in [1.82, 2.24) is 19.9 Å². The molecule has 1 aliphatic rings. The molecule has 25 heavy (non-hydrogen) atoms. The Hall–Kier alpha value is -2.54. The number of fused-ring (bicyclic) bond motifs is 1. The van der Waals surface area contributed by atoms with E-state index in [1.807, 2.05) is 40.3 Å². The Kier molecular flexibility index (Phi) is 4.31. The van der Waals surface area contributed by atoms with E-state index in [0.717, 1.165) is 41.8 Å². The summed E-state index contributed by atoms with van der Waals surface area (Å²) in [6, 6.07) is 5.81. The zero-order valence-corrected chi connectivity index (χ0v) is 14.9. The van der Waals surface area contributed by atoms with Gasteiger partial charge in [0.15, 0.2) is 5.69 Å². The first-order valence-corrected chi connectivity index (χ1v) is 9.38. The van der Waals surface area contributed by atoms with E-state index in [9.17, 15) is 4.79 Å². The van der Waals surface area contributed by atoms with Gasteiger partial charge in [0.1, 0.15) is 0 Å². The Labute approximate surface area is 150 Å². The second-order valence-electron chi connectivity index (χ2n) is 5.96. The Morgan fingerprint density at radius 2 is 2.12 bits per heavy atom. The van der Waals surface area contributed by atoms with Gasteiger partial charge in [0, 0.05) is 25.8 Å². The Balaban J connectivity index is 1.81. The molecular formula is C18H19N5OS. The minimum Gasteiger partial charge on any atom is -0.337 e. The van der Waals surface area contributed by atoms with Crippen molar-refractivity contribution < 1.29 is 4.79 Å². The first-order valence-electron chi connectivity index (χ1n) is 8.50. The standard InChI is InChI=1S/C18H19N5OS/c1-2-23(13-6-5-8-19-12-13)18-20-14-7-11-25-16(14)15(21-18)17(24)22-9-3-4-10-22/h5-8,11-12H,2-4,9-10H2,1H3. The molecule has 4 rings (SSSR count). The first kappa shape index (κ1) is 16.0. The molecule has 0 unspecified atom stereocenters. The smallest absolute Gasteiger partial charge is 0.274 e. The number of thiophene rings is 1. The number of hydrogen-bond acceptors (Lipinski definition) is 6. The number of carbonyl (C=O) groups excluding carboxylic acids is 1. The van der Waals surface area contributed by atoms with Crippen molar-refractivity contribution in [2.24, 2.45) is 0 Å². The summed E-state index contributed by atoms with van der Waals surface area (Å²) in [7, 11) is 0. The van der Waals surface area contributed by atoms with Gasteiger partial charge in [0.2, 0.25) is 5.95 Å². The number of nitrogens with zero attached hydrogens (tertiary/aromatic N) is 5. The molecule has 1 aliphatic heterocycles. The zero-order chi connectivity index (χ0) is 17.2. The summed E-state index contributed by atoms with van der Waals surface area (Å²) in [6.07, 6.45) is 5.65. The van der Waals surface area contributed by atoms with Crippen LogP contribution in [0.1, 0.15) is 30.3 Å². The normalized spacial score (nSPS) is 14.2. The molecule has 0 radical (unpaired) electrons. The minimum absolute atomic E-state index is 0.0100. The molecule has 128 valence electrons. The number of likely N-dealkylation sites (tertiary alicyclic amines) is 1. The number of rotatable bonds is 4. The van der Waals surface area contributed by atoms with Crippen LogP contribution in [-0.4, -0.2) is 45.4 Å². The maximum absolute atomic E-state index is 13.0. The van der Waals surface area contributed by atoms with Crippen LogP contribution in [0, 0.1) is 0 Å². The third-order valence-corrected chi connectivity index (χ3v) is 5.31. The van der Waals surface area contributed by atoms with Crippen LogP contribution in [0.3, 0.4) is 0 Å². The third kappa shape index (κ3) is 2.95. The Morgan fingerprint density at radius 3 is 2.84 bits per heavy atom. The van der Waals surface area contributed by atoms with Crippen LogP contribution in [0.15, 0.2) is 36.0 Å². The molecule has 0 spiro atoms. The Morgan fingerprint density at radius 1 is 1.28 bits per heavy atom. The number of aromatic nitrogens is 3. The van der Waals surface area contributed by atoms with E-state index >= 15 is 0 Å². The van der Waals surface area contributed by atoms with Gasteiger partial charge in [-0.2, -0.15) is 0 Å². The fourth-order valence-electron chi connectivity index (χ4n) is 3.14. The summed E-state index contributed by atoms with van der Waals surface area (Å²) >= 11 is 1.52. The van der Waals surface area contributed by atoms with Crippen LogP contribution in [0.4, 0.5) is 11.6 Å². The lowest BCUT2D eigenvalue weighted by Crippen LogP contribution is -2.29. The van der Waals surface area contributed by atoms with E-state index in [2.05, 4.69) is 15.0 Å². The van der Waals surface area contributed by atoms with Gasteiger partial charge in [-0.05, 0) is 43.3 Å². The zero-order valence-electron chi connectivity index (χ0n) is 14.1. The number of amides is 1. The van der Waals surface area contributed by atoms with Gasteiger partial charge in [-0.1, -0.05) is 0 Å². The number of pyridine rings is 1. The molecule has 0 bridgehead atoms. The highest BCUT2D eigenvalue weighted by atomic mass is 32.1. The van der Waals surface area contributed by atoms with Gasteiger partial charge in [0.25, 0.3) is 5.91 Å². The SMILES string of the molecule is CCN(c1cccnc1)c1nc(C(=O)N2CCCC2)c2sccc2n1. The predicted molar refractivity (Wildman–Crippen MR) is 99.5 cm³/mol. The van der Waals surface area contributed by atoms with Crippen LogP contribution in [0.2, 0.25) is 0 Å². The topological polar surface area (TPSA) is 62.2 Å². The second kappa shape index (κ2) is 6.76. The lowest BCUT2D eigenvalue weighted by atomic mass is 10.3. The Bertz CT molecular complexity index is 889. The largest absolute Gasteiger partial charge is 0.337 e. The highest BCUT2D eigenvalue weighted by Crippen LogP contribution is 2.29. The van der Waals surface area contributed by atoms with E-state index in [-0.39, 0.29) is 5.91 Å². The van der Waals surface area contributed by atoms with Crippen molar-refractivity contribution in [1.29, 1.82) is 0 Å². The molecule has 0 N–H and O–H groups in total. The summed E-state index contributed by atoms with van der Waals surface area (Å²) in [5.74, 6) is 0.555. The van der Waals surface area contributed by atoms with Crippen LogP contribution < -0.4 is 4.90 Å². The molecule has 3 aromatic rings. The summed E-state index contributed by atoms with van der Waals surface area (Å²) in [6.45, 7) is 4.35. The molecule has 0 atom stereocenters. The van der Waals surface area contributed by atoms with E-state index < -0.39 is 0 Å². The molecule has 1 amide bonds. The summed E-state index contributed by atoms with van der Waals surface area (Å²) in [5.41, 5.74) is 2.25. The van der Waals surface area contributed by atoms with Gasteiger partial charge in [-0.15, -0.1) is 11.3 Å². The molecule has 6 nitrogen and oxygen atoms in total. The van der Waals surface area contributed by atoms with Crippen LogP contribution in [0.5, 0.6) is 0 Å². The molecule has 7 heteroatoms. The van der Waals surface area contributed by atoms with Crippen molar-refractivity contribution in [2.45, 2.75) is 19.8 Å². The highest BCUT2D eigenvalue weighted by molar-refractivity contribution is 7.17. The molecule has 3 aromatic heterocycles. The average Bonchev–Trinajstić information content (AvgIpc) is 3.34. The van der Waals surface area contributed by atoms with E-state index in [1.54, 1.807) is 12.4 Å². The molecule has 0 aliphatic carbocycles. The average molecular weight is 353 g/mol. The second-order valence-corrected chi connectivity index (χ2v) is 6.88. The molecule has 1 fully saturated rings. The van der Waals surface area contributed by atoms with Gasteiger partial charge in [-0.3, -0.25) is 9.78 Å². The summed E-state index contributed by atoms with van der Waals surface area (Å²) < 4.78 is 0.864. The van der Waals surface area contributed by atoms with Crippen molar-refractivity contribution in [3.05, 3.63) is 41.7 Å². The lowest BCUT2D eigenvalue weighted by Gasteiger charge is -2.22. The van der Waals surface area contributed by atoms with Gasteiger partial charge < -0.3 is 9.80 Å². The third-order valence-electron chi connectivity index (χ3n) is 4.40. The number of hydrogen-bond donors (Lipinski definition) is 0. The predicted octanol–water partition coefficient (Wildman–Crippen LogP) is 3.48. The molecule has 0 aromatic carbocycles. The van der Waals surface area contributed by atoms with Crippen molar-refractivity contribution in [3.8, 4) is 0 Å². The fraction of sp³-hybridized carbons (Fsp3) is 0.333. The van der Waals surface area contributed by atoms with Crippen molar-refractivity contribution >= 4 is 39.1 Å². The van der Waals surface area contributed by atoms with E-state index in [0.29, 0.717) is 18.2 Å². The van der Waals surface area contributed by atoms with Crippen molar-refractivity contribution in [3.63, 3.8) is 0 Å². The lowest BCUT2D eigenvalue weighted by molar-refractivity contribution is 0.0789. The van der Waals surface area contributed by atoms with Gasteiger partial charge in [-0.25, -0.2) is 9.97 Å². The summed E-state index contributed by atoms with van der Waals surface area (Å²) in [5, 5.41) is 1.96. The number of carbonyl (C=O) groups is 1. The first-order chi connectivity index (χ1) is 12.3. The molecule has 4 heterocycles. The molecule has 1 saturated heterocycles. The highest BCUT2D eigenvalue weighted by Gasteiger charge is 2.25. The summed E-state index contributed by atoms with van der Waals surface area (Å²) in [4.78, 5) is 30.4. The monoisotopic (exact) mass is 353 g/mol. The molecule has 0 saturated carbocycles. The van der Waals surface area contributed by atoms with Gasteiger partial charge >= 0.3 is 0 Å².